The lowest BCUT2D eigenvalue weighted by atomic mass is 9.79. The Balaban J connectivity index is 1.39. The molecule has 1 aromatic rings. The van der Waals surface area contributed by atoms with Gasteiger partial charge in [-0.05, 0) is 45.3 Å². The molecule has 1 aromatic carbocycles. The van der Waals surface area contributed by atoms with Crippen molar-refractivity contribution in [3.63, 3.8) is 0 Å². The van der Waals surface area contributed by atoms with E-state index in [2.05, 4.69) is 56.9 Å². The maximum absolute atomic E-state index is 6.11. The van der Waals surface area contributed by atoms with Crippen LogP contribution < -0.4 is 10.4 Å². The van der Waals surface area contributed by atoms with Gasteiger partial charge in [-0.3, -0.25) is 0 Å². The molecule has 4 nitrogen and oxygen atoms in total. The lowest BCUT2D eigenvalue weighted by Crippen LogP contribution is -2.54. The van der Waals surface area contributed by atoms with E-state index in [1.807, 2.05) is 0 Å². The molecule has 3 heterocycles. The highest BCUT2D eigenvalue weighted by atomic mass is 16.7. The van der Waals surface area contributed by atoms with Crippen LogP contribution in [0.1, 0.15) is 27.7 Å². The number of ether oxygens (including phenoxy) is 1. The number of anilines is 1. The van der Waals surface area contributed by atoms with E-state index < -0.39 is 0 Å². The summed E-state index contributed by atoms with van der Waals surface area (Å²) < 4.78 is 17.5. The van der Waals surface area contributed by atoms with Gasteiger partial charge in [0, 0.05) is 30.6 Å². The van der Waals surface area contributed by atoms with Crippen LogP contribution in [0.25, 0.3) is 0 Å². The molecule has 0 bridgehead atoms. The Morgan fingerprint density at radius 1 is 0.913 bits per heavy atom. The van der Waals surface area contributed by atoms with Crippen molar-refractivity contribution >= 4 is 18.3 Å². The van der Waals surface area contributed by atoms with Crippen molar-refractivity contribution in [2.45, 2.75) is 38.9 Å². The van der Waals surface area contributed by atoms with Crippen LogP contribution in [0, 0.1) is 11.8 Å². The second-order valence-electron chi connectivity index (χ2n) is 8.14. The largest absolute Gasteiger partial charge is 0.494 e. The second kappa shape index (κ2) is 5.23. The quantitative estimate of drug-likeness (QED) is 0.799. The van der Waals surface area contributed by atoms with E-state index >= 15 is 0 Å². The predicted octanol–water partition coefficient (Wildman–Crippen LogP) is 2.07. The molecule has 124 valence electrons. The van der Waals surface area contributed by atoms with Gasteiger partial charge in [-0.15, -0.1) is 0 Å². The minimum absolute atomic E-state index is 0.273. The number of benzene rings is 1. The van der Waals surface area contributed by atoms with Crippen LogP contribution in [0.3, 0.4) is 0 Å². The number of hydrogen-bond acceptors (Lipinski definition) is 4. The average Bonchev–Trinajstić information content (AvgIpc) is 2.60. The summed E-state index contributed by atoms with van der Waals surface area (Å²) >= 11 is 0. The maximum Gasteiger partial charge on any atom is 0.494 e. The van der Waals surface area contributed by atoms with Crippen LogP contribution in [0.5, 0.6) is 0 Å². The molecule has 4 rings (SSSR count). The Bertz CT molecular complexity index is 560. The Kier molecular flexibility index (Phi) is 3.52. The second-order valence-corrected chi connectivity index (χ2v) is 8.14. The third-order valence-corrected chi connectivity index (χ3v) is 6.02. The summed E-state index contributed by atoms with van der Waals surface area (Å²) in [4.78, 5) is 2.44. The van der Waals surface area contributed by atoms with Gasteiger partial charge in [-0.1, -0.05) is 12.1 Å². The first-order valence-electron chi connectivity index (χ1n) is 8.64. The van der Waals surface area contributed by atoms with E-state index in [1.165, 1.54) is 5.69 Å². The fraction of sp³-hybridized carbons (Fsp3) is 0.667. The molecule has 3 fully saturated rings. The van der Waals surface area contributed by atoms with E-state index in [9.17, 15) is 0 Å². The van der Waals surface area contributed by atoms with Crippen LogP contribution in [-0.4, -0.2) is 44.6 Å². The topological polar surface area (TPSA) is 30.9 Å². The zero-order chi connectivity index (χ0) is 16.2. The molecule has 0 atom stereocenters. The lowest BCUT2D eigenvalue weighted by Gasteiger charge is -2.47. The monoisotopic (exact) mass is 315 g/mol. The zero-order valence-corrected chi connectivity index (χ0v) is 14.5. The van der Waals surface area contributed by atoms with Crippen molar-refractivity contribution in [1.29, 1.82) is 0 Å². The highest BCUT2D eigenvalue weighted by Crippen LogP contribution is 2.37. The highest BCUT2D eigenvalue weighted by molar-refractivity contribution is 6.62. The molecular formula is C18H26BNO3. The molecule has 0 N–H and O–H groups in total. The molecular weight excluding hydrogens is 289 g/mol. The SMILES string of the molecule is CC1(C)OB(c2ccc(N3CC(C4COC4)C3)cc2)OC1(C)C. The van der Waals surface area contributed by atoms with Gasteiger partial charge in [0.25, 0.3) is 0 Å². The molecule has 0 spiro atoms. The van der Waals surface area contributed by atoms with Gasteiger partial charge < -0.3 is 18.9 Å². The minimum Gasteiger partial charge on any atom is -0.399 e. The first kappa shape index (κ1) is 15.5. The van der Waals surface area contributed by atoms with E-state index in [0.717, 1.165) is 43.6 Å². The lowest BCUT2D eigenvalue weighted by molar-refractivity contribution is -0.0659. The zero-order valence-electron chi connectivity index (χ0n) is 14.5. The molecule has 3 aliphatic rings. The fourth-order valence-electron chi connectivity index (χ4n) is 3.37. The number of nitrogens with zero attached hydrogens (tertiary/aromatic N) is 1. The number of rotatable bonds is 3. The molecule has 0 radical (unpaired) electrons. The summed E-state index contributed by atoms with van der Waals surface area (Å²) in [5.41, 5.74) is 1.82. The molecule has 0 unspecified atom stereocenters. The maximum atomic E-state index is 6.11. The summed E-state index contributed by atoms with van der Waals surface area (Å²) in [5.74, 6) is 1.60. The first-order chi connectivity index (χ1) is 10.9. The Morgan fingerprint density at radius 3 is 1.96 bits per heavy atom. The third-order valence-electron chi connectivity index (χ3n) is 6.02. The van der Waals surface area contributed by atoms with E-state index in [-0.39, 0.29) is 18.3 Å². The van der Waals surface area contributed by atoms with Crippen molar-refractivity contribution in [3.05, 3.63) is 24.3 Å². The Hall–Kier alpha value is -1.04. The fourth-order valence-corrected chi connectivity index (χ4v) is 3.37. The molecule has 0 saturated carbocycles. The summed E-state index contributed by atoms with van der Waals surface area (Å²) in [6, 6.07) is 8.65. The predicted molar refractivity (Wildman–Crippen MR) is 92.2 cm³/mol. The standard InChI is InChI=1S/C18H26BNO3/c1-17(2)18(3,4)23-19(22-17)15-5-7-16(8-6-15)20-9-13(10-20)14-11-21-12-14/h5-8,13-14H,9-12H2,1-4H3. The smallest absolute Gasteiger partial charge is 0.399 e. The summed E-state index contributed by atoms with van der Waals surface area (Å²) in [5, 5.41) is 0. The first-order valence-corrected chi connectivity index (χ1v) is 8.64. The Labute approximate surface area is 139 Å². The van der Waals surface area contributed by atoms with Crippen LogP contribution in [0.2, 0.25) is 0 Å². The number of hydrogen-bond donors (Lipinski definition) is 0. The van der Waals surface area contributed by atoms with Crippen LogP contribution >= 0.6 is 0 Å². The molecule has 3 saturated heterocycles. The van der Waals surface area contributed by atoms with E-state index in [4.69, 9.17) is 14.0 Å². The van der Waals surface area contributed by atoms with Gasteiger partial charge in [0.05, 0.1) is 24.4 Å². The third kappa shape index (κ3) is 2.59. The molecule has 0 amide bonds. The van der Waals surface area contributed by atoms with Crippen molar-refractivity contribution in [2.75, 3.05) is 31.2 Å². The van der Waals surface area contributed by atoms with E-state index in [0.29, 0.717) is 0 Å². The van der Waals surface area contributed by atoms with Gasteiger partial charge in [0.15, 0.2) is 0 Å². The van der Waals surface area contributed by atoms with Gasteiger partial charge in [0.1, 0.15) is 0 Å². The summed E-state index contributed by atoms with van der Waals surface area (Å²) in [6.45, 7) is 12.6. The van der Waals surface area contributed by atoms with Gasteiger partial charge >= 0.3 is 7.12 Å². The molecule has 3 aliphatic heterocycles. The molecule has 5 heteroatoms. The Morgan fingerprint density at radius 2 is 1.48 bits per heavy atom. The van der Waals surface area contributed by atoms with Gasteiger partial charge in [-0.25, -0.2) is 0 Å². The minimum atomic E-state index is -0.286. The summed E-state index contributed by atoms with van der Waals surface area (Å²) in [6.07, 6.45) is 0. The highest BCUT2D eigenvalue weighted by Gasteiger charge is 2.51. The van der Waals surface area contributed by atoms with Crippen LogP contribution in [-0.2, 0) is 14.0 Å². The van der Waals surface area contributed by atoms with Crippen molar-refractivity contribution in [2.24, 2.45) is 11.8 Å². The van der Waals surface area contributed by atoms with Gasteiger partial charge in [-0.2, -0.15) is 0 Å². The van der Waals surface area contributed by atoms with Crippen molar-refractivity contribution in [1.82, 2.24) is 0 Å². The molecule has 23 heavy (non-hydrogen) atoms. The van der Waals surface area contributed by atoms with Gasteiger partial charge in [0.2, 0.25) is 0 Å². The molecule has 0 aliphatic carbocycles. The van der Waals surface area contributed by atoms with Crippen LogP contribution in [0.15, 0.2) is 24.3 Å². The van der Waals surface area contributed by atoms with Crippen LogP contribution in [0.4, 0.5) is 5.69 Å². The summed E-state index contributed by atoms with van der Waals surface area (Å²) in [7, 11) is -0.273. The normalized spacial score (nSPS) is 27.0. The average molecular weight is 315 g/mol. The van der Waals surface area contributed by atoms with Crippen molar-refractivity contribution < 1.29 is 14.0 Å². The van der Waals surface area contributed by atoms with Crippen molar-refractivity contribution in [3.8, 4) is 0 Å². The molecule has 0 aromatic heterocycles. The van der Waals surface area contributed by atoms with E-state index in [1.54, 1.807) is 0 Å².